The highest BCUT2D eigenvalue weighted by Gasteiger charge is 2.21. The van der Waals surface area contributed by atoms with E-state index in [0.29, 0.717) is 11.3 Å². The molecule has 0 saturated carbocycles. The van der Waals surface area contributed by atoms with Gasteiger partial charge in [-0.1, -0.05) is 35.5 Å². The molecule has 0 atom stereocenters. The van der Waals surface area contributed by atoms with Gasteiger partial charge in [-0.2, -0.15) is 4.98 Å². The van der Waals surface area contributed by atoms with Crippen molar-refractivity contribution in [2.24, 2.45) is 0 Å². The van der Waals surface area contributed by atoms with E-state index >= 15 is 0 Å². The Kier molecular flexibility index (Phi) is 6.98. The van der Waals surface area contributed by atoms with Crippen molar-refractivity contribution in [3.63, 3.8) is 0 Å². The lowest BCUT2D eigenvalue weighted by Gasteiger charge is -2.09. The predicted octanol–water partition coefficient (Wildman–Crippen LogP) is 1.21. The van der Waals surface area contributed by atoms with Crippen LogP contribution in [0.2, 0.25) is 0 Å². The molecule has 3 rings (SSSR count). The maximum Gasteiger partial charge on any atom is 0.315 e. The Hall–Kier alpha value is -3.73. The molecule has 0 fully saturated rings. The third-order valence-electron chi connectivity index (χ3n) is 4.13. The van der Waals surface area contributed by atoms with E-state index in [9.17, 15) is 18.0 Å². The number of methoxy groups -OCH3 is 1. The van der Waals surface area contributed by atoms with Crippen LogP contribution in [0.25, 0.3) is 0 Å². The molecule has 1 aromatic heterocycles. The fourth-order valence-corrected chi connectivity index (χ4v) is 3.84. The lowest BCUT2D eigenvalue weighted by atomic mass is 10.2. The summed E-state index contributed by atoms with van der Waals surface area (Å²) in [6.45, 7) is 0.242. The average molecular weight is 444 g/mol. The first-order valence-electron chi connectivity index (χ1n) is 9.20. The number of aromatic nitrogens is 2. The summed E-state index contributed by atoms with van der Waals surface area (Å²) < 4.78 is 34.7. The van der Waals surface area contributed by atoms with Crippen LogP contribution < -0.4 is 15.4 Å². The van der Waals surface area contributed by atoms with E-state index in [1.165, 1.54) is 19.2 Å². The molecule has 0 aliphatic heterocycles. The number of nitrogens with zero attached hydrogens (tertiary/aromatic N) is 2. The summed E-state index contributed by atoms with van der Waals surface area (Å²) in [7, 11) is -2.19. The van der Waals surface area contributed by atoms with Gasteiger partial charge in [0.25, 0.3) is 5.91 Å². The average Bonchev–Trinajstić information content (AvgIpc) is 3.25. The largest absolute Gasteiger partial charge is 0.496 e. The van der Waals surface area contributed by atoms with Crippen molar-refractivity contribution in [1.29, 1.82) is 0 Å². The zero-order valence-corrected chi connectivity index (χ0v) is 17.4. The smallest absolute Gasteiger partial charge is 0.315 e. The Balaban J connectivity index is 1.50. The van der Waals surface area contributed by atoms with Crippen LogP contribution in [0.15, 0.2) is 64.0 Å². The first kappa shape index (κ1) is 22.0. The molecule has 10 nitrogen and oxygen atoms in total. The number of amides is 2. The summed E-state index contributed by atoms with van der Waals surface area (Å²) in [4.78, 5) is 28.3. The highest BCUT2D eigenvalue weighted by molar-refractivity contribution is 7.90. The molecule has 0 spiro atoms. The highest BCUT2D eigenvalue weighted by atomic mass is 32.2. The third kappa shape index (κ3) is 5.66. The van der Waals surface area contributed by atoms with Gasteiger partial charge in [-0.3, -0.25) is 9.59 Å². The van der Waals surface area contributed by atoms with Crippen molar-refractivity contribution in [2.45, 2.75) is 10.6 Å². The minimum absolute atomic E-state index is 0.0970. The second kappa shape index (κ2) is 9.85. The van der Waals surface area contributed by atoms with Crippen LogP contribution in [0.4, 0.5) is 0 Å². The molecule has 3 aromatic rings. The number of sulfone groups is 1. The van der Waals surface area contributed by atoms with E-state index in [1.807, 2.05) is 0 Å². The van der Waals surface area contributed by atoms with Crippen LogP contribution in [0, 0.1) is 0 Å². The van der Waals surface area contributed by atoms with Crippen molar-refractivity contribution < 1.29 is 27.3 Å². The fourth-order valence-electron chi connectivity index (χ4n) is 2.64. The Labute approximate surface area is 178 Å². The monoisotopic (exact) mass is 444 g/mol. The van der Waals surface area contributed by atoms with E-state index in [1.54, 1.807) is 42.5 Å². The molecule has 2 amide bonds. The van der Waals surface area contributed by atoms with Gasteiger partial charge in [0.05, 0.1) is 17.6 Å². The van der Waals surface area contributed by atoms with Gasteiger partial charge in [0.1, 0.15) is 11.5 Å². The number of benzene rings is 2. The van der Waals surface area contributed by atoms with E-state index in [4.69, 9.17) is 9.26 Å². The number of carbonyl (C=O) groups is 2. The molecule has 0 aliphatic rings. The molecule has 0 saturated heterocycles. The third-order valence-corrected chi connectivity index (χ3v) is 5.76. The molecule has 0 aliphatic carbocycles. The number of hydrogen-bond donors (Lipinski definition) is 2. The molecule has 2 N–H and O–H groups in total. The number of carbonyl (C=O) groups excluding carboxylic acids is 2. The SMILES string of the molecule is COc1ccccc1C(=O)NCCNC(=O)c1nc(CS(=O)(=O)c2ccccc2)no1. The lowest BCUT2D eigenvalue weighted by Crippen LogP contribution is -2.35. The molecule has 162 valence electrons. The number of ether oxygens (including phenoxy) is 1. The Morgan fingerprint density at radius 1 is 0.968 bits per heavy atom. The summed E-state index contributed by atoms with van der Waals surface area (Å²) in [5.74, 6) is -1.58. The van der Waals surface area contributed by atoms with Crippen LogP contribution in [-0.4, -0.2) is 50.6 Å². The van der Waals surface area contributed by atoms with Crippen molar-refractivity contribution in [2.75, 3.05) is 20.2 Å². The van der Waals surface area contributed by atoms with Gasteiger partial charge in [-0.15, -0.1) is 0 Å². The van der Waals surface area contributed by atoms with Crippen LogP contribution in [-0.2, 0) is 15.6 Å². The van der Waals surface area contributed by atoms with Gasteiger partial charge in [0.2, 0.25) is 0 Å². The molecule has 11 heteroatoms. The second-order valence-corrected chi connectivity index (χ2v) is 8.29. The molecule has 0 bridgehead atoms. The molecular weight excluding hydrogens is 424 g/mol. The van der Waals surface area contributed by atoms with Crippen LogP contribution in [0.3, 0.4) is 0 Å². The van der Waals surface area contributed by atoms with Crippen molar-refractivity contribution in [1.82, 2.24) is 20.8 Å². The van der Waals surface area contributed by atoms with Gasteiger partial charge in [0, 0.05) is 13.1 Å². The molecule has 2 aromatic carbocycles. The van der Waals surface area contributed by atoms with E-state index in [0.717, 1.165) is 0 Å². The zero-order chi connectivity index (χ0) is 22.3. The highest BCUT2D eigenvalue weighted by Crippen LogP contribution is 2.17. The van der Waals surface area contributed by atoms with E-state index < -0.39 is 21.5 Å². The van der Waals surface area contributed by atoms with Gasteiger partial charge in [-0.25, -0.2) is 8.42 Å². The molecule has 31 heavy (non-hydrogen) atoms. The van der Waals surface area contributed by atoms with E-state index in [2.05, 4.69) is 20.8 Å². The van der Waals surface area contributed by atoms with Crippen LogP contribution in [0.1, 0.15) is 26.9 Å². The van der Waals surface area contributed by atoms with Gasteiger partial charge >= 0.3 is 11.8 Å². The van der Waals surface area contributed by atoms with Crippen molar-refractivity contribution >= 4 is 21.7 Å². The molecule has 0 radical (unpaired) electrons. The predicted molar refractivity (Wildman–Crippen MR) is 109 cm³/mol. The Bertz CT molecular complexity index is 1160. The number of para-hydroxylation sites is 1. The van der Waals surface area contributed by atoms with E-state index in [-0.39, 0.29) is 35.6 Å². The number of nitrogens with one attached hydrogen (secondary N) is 2. The molecular formula is C20H20N4O6S. The summed E-state index contributed by atoms with van der Waals surface area (Å²) in [6, 6.07) is 14.6. The molecule has 0 unspecified atom stereocenters. The van der Waals surface area contributed by atoms with Gasteiger partial charge < -0.3 is 19.9 Å². The minimum atomic E-state index is -3.66. The van der Waals surface area contributed by atoms with Gasteiger partial charge in [-0.05, 0) is 24.3 Å². The Morgan fingerprint density at radius 2 is 1.61 bits per heavy atom. The topological polar surface area (TPSA) is 140 Å². The van der Waals surface area contributed by atoms with Crippen LogP contribution >= 0.6 is 0 Å². The summed E-state index contributed by atoms with van der Waals surface area (Å²) in [5.41, 5.74) is 0.373. The summed E-state index contributed by atoms with van der Waals surface area (Å²) >= 11 is 0. The maximum atomic E-state index is 12.3. The van der Waals surface area contributed by atoms with Gasteiger partial charge in [0.15, 0.2) is 15.7 Å². The quantitative estimate of drug-likeness (QED) is 0.469. The first-order valence-corrected chi connectivity index (χ1v) is 10.9. The maximum absolute atomic E-state index is 12.3. The normalized spacial score (nSPS) is 11.0. The first-order chi connectivity index (χ1) is 14.9. The standard InChI is InChI=1S/C20H20N4O6S/c1-29-16-10-6-5-9-15(16)18(25)21-11-12-22-19(26)20-23-17(24-30-20)13-31(27,28)14-7-3-2-4-8-14/h2-10H,11-13H2,1H3,(H,21,25)(H,22,26). The van der Waals surface area contributed by atoms with Crippen molar-refractivity contribution in [3.8, 4) is 5.75 Å². The fraction of sp³-hybridized carbons (Fsp3) is 0.200. The van der Waals surface area contributed by atoms with Crippen molar-refractivity contribution in [3.05, 3.63) is 71.9 Å². The number of hydrogen-bond acceptors (Lipinski definition) is 8. The Morgan fingerprint density at radius 3 is 2.32 bits per heavy atom. The molecule has 1 heterocycles. The number of rotatable bonds is 9. The zero-order valence-electron chi connectivity index (χ0n) is 16.6. The van der Waals surface area contributed by atoms with Crippen LogP contribution in [0.5, 0.6) is 5.75 Å². The second-order valence-electron chi connectivity index (χ2n) is 6.30. The summed E-state index contributed by atoms with van der Waals surface area (Å²) in [6.07, 6.45) is 0. The summed E-state index contributed by atoms with van der Waals surface area (Å²) in [5, 5.41) is 8.72. The minimum Gasteiger partial charge on any atom is -0.496 e. The lowest BCUT2D eigenvalue weighted by molar-refractivity contribution is 0.0897.